The van der Waals surface area contributed by atoms with Crippen molar-refractivity contribution in [3.63, 3.8) is 0 Å². The Morgan fingerprint density at radius 1 is 1.11 bits per heavy atom. The molecule has 1 fully saturated rings. The minimum atomic E-state index is -0.532. The van der Waals surface area contributed by atoms with Crippen LogP contribution in [0.15, 0.2) is 53.1 Å². The second kappa shape index (κ2) is 10.3. The minimum absolute atomic E-state index is 0.207. The summed E-state index contributed by atoms with van der Waals surface area (Å²) in [5, 5.41) is 12.4. The number of likely N-dealkylation sites (tertiary alicyclic amines) is 1. The Labute approximate surface area is 202 Å². The van der Waals surface area contributed by atoms with Crippen molar-refractivity contribution in [2.45, 2.75) is 26.7 Å². The molecule has 3 heterocycles. The molecule has 1 aliphatic heterocycles. The van der Waals surface area contributed by atoms with Gasteiger partial charge in [-0.05, 0) is 56.5 Å². The zero-order chi connectivity index (χ0) is 24.9. The number of anilines is 1. The molecule has 2 amide bonds. The number of rotatable bonds is 6. The molecule has 0 aliphatic carbocycles. The van der Waals surface area contributed by atoms with E-state index in [-0.39, 0.29) is 11.7 Å². The lowest BCUT2D eigenvalue weighted by Gasteiger charge is -2.30. The molecule has 0 bridgehead atoms. The van der Waals surface area contributed by atoms with Gasteiger partial charge in [0.25, 0.3) is 11.8 Å². The Balaban J connectivity index is 1.35. The summed E-state index contributed by atoms with van der Waals surface area (Å²) < 4.78 is 12.2. The number of carbonyl (C=O) groups excluding carboxylic acids is 3. The first-order valence-corrected chi connectivity index (χ1v) is 11.4. The van der Waals surface area contributed by atoms with Crippen molar-refractivity contribution in [2.24, 2.45) is 5.92 Å². The van der Waals surface area contributed by atoms with Crippen LogP contribution in [-0.4, -0.2) is 46.9 Å². The average Bonchev–Trinajstić information content (AvgIpc) is 3.50. The zero-order valence-corrected chi connectivity index (χ0v) is 19.6. The molecule has 9 nitrogen and oxygen atoms in total. The summed E-state index contributed by atoms with van der Waals surface area (Å²) in [6.07, 6.45) is 2.34. The maximum Gasteiger partial charge on any atom is 0.309 e. The van der Waals surface area contributed by atoms with Crippen LogP contribution in [0.5, 0.6) is 0 Å². The molecular weight excluding hydrogens is 448 g/mol. The van der Waals surface area contributed by atoms with E-state index in [1.54, 1.807) is 21.6 Å². The Morgan fingerprint density at radius 3 is 2.46 bits per heavy atom. The summed E-state index contributed by atoms with van der Waals surface area (Å²) in [7, 11) is 0. The van der Waals surface area contributed by atoms with Crippen LogP contribution in [-0.2, 0) is 14.3 Å². The van der Waals surface area contributed by atoms with Crippen molar-refractivity contribution < 1.29 is 23.5 Å². The summed E-state index contributed by atoms with van der Waals surface area (Å²) in [5.74, 6) is -0.992. The molecule has 0 spiro atoms. The van der Waals surface area contributed by atoms with Gasteiger partial charge in [0.2, 0.25) is 0 Å². The van der Waals surface area contributed by atoms with Crippen molar-refractivity contribution in [3.05, 3.63) is 71.3 Å². The molecule has 180 valence electrons. The van der Waals surface area contributed by atoms with Crippen molar-refractivity contribution >= 4 is 23.6 Å². The van der Waals surface area contributed by atoms with Gasteiger partial charge in [0.1, 0.15) is 11.9 Å². The van der Waals surface area contributed by atoms with Crippen LogP contribution >= 0.6 is 0 Å². The van der Waals surface area contributed by atoms with E-state index in [9.17, 15) is 19.6 Å². The van der Waals surface area contributed by atoms with Gasteiger partial charge in [-0.1, -0.05) is 18.2 Å². The van der Waals surface area contributed by atoms with Crippen molar-refractivity contribution in [1.29, 1.82) is 5.26 Å². The number of para-hydroxylation sites is 1. The third kappa shape index (κ3) is 4.96. The lowest BCUT2D eigenvalue weighted by atomic mass is 9.97. The predicted molar refractivity (Wildman–Crippen MR) is 127 cm³/mol. The fraction of sp³-hybridized carbons (Fsp3) is 0.308. The van der Waals surface area contributed by atoms with E-state index < -0.39 is 24.4 Å². The number of ether oxygens (including phenoxy) is 1. The molecule has 0 saturated carbocycles. The molecular formula is C26H26N4O5. The molecule has 0 unspecified atom stereocenters. The first-order valence-electron chi connectivity index (χ1n) is 11.4. The van der Waals surface area contributed by atoms with Crippen LogP contribution in [0.3, 0.4) is 0 Å². The molecule has 1 aliphatic rings. The Bertz CT molecular complexity index is 1260. The number of furan rings is 1. The smallest absolute Gasteiger partial charge is 0.309 e. The monoisotopic (exact) mass is 474 g/mol. The number of hydrogen-bond acceptors (Lipinski definition) is 6. The first kappa shape index (κ1) is 23.8. The fourth-order valence-electron chi connectivity index (χ4n) is 4.26. The number of hydrogen-bond donors (Lipinski definition) is 1. The van der Waals surface area contributed by atoms with Gasteiger partial charge in [0.15, 0.2) is 12.4 Å². The van der Waals surface area contributed by atoms with E-state index in [0.29, 0.717) is 37.3 Å². The number of benzene rings is 1. The highest BCUT2D eigenvalue weighted by Crippen LogP contribution is 2.30. The summed E-state index contributed by atoms with van der Waals surface area (Å²) in [5.41, 5.74) is 2.76. The molecule has 3 aromatic rings. The van der Waals surface area contributed by atoms with E-state index in [0.717, 1.165) is 16.9 Å². The number of nitrogens with one attached hydrogen (secondary N) is 1. The molecule has 35 heavy (non-hydrogen) atoms. The molecule has 2 aromatic heterocycles. The van der Waals surface area contributed by atoms with Gasteiger partial charge >= 0.3 is 5.97 Å². The van der Waals surface area contributed by atoms with Crippen LogP contribution in [0.1, 0.15) is 40.2 Å². The molecule has 0 atom stereocenters. The second-order valence-corrected chi connectivity index (χ2v) is 8.42. The number of nitriles is 1. The van der Waals surface area contributed by atoms with Crippen LogP contribution in [0.2, 0.25) is 0 Å². The van der Waals surface area contributed by atoms with E-state index in [1.165, 1.54) is 6.26 Å². The van der Waals surface area contributed by atoms with Crippen LogP contribution < -0.4 is 5.32 Å². The van der Waals surface area contributed by atoms with Gasteiger partial charge in [0, 0.05) is 24.5 Å². The average molecular weight is 475 g/mol. The third-order valence-corrected chi connectivity index (χ3v) is 6.29. The van der Waals surface area contributed by atoms with Gasteiger partial charge in [0.05, 0.1) is 17.7 Å². The number of esters is 1. The maximum absolute atomic E-state index is 12.7. The molecule has 1 N–H and O–H groups in total. The number of nitrogens with zero attached hydrogens (tertiary/aromatic N) is 3. The Hall–Kier alpha value is -4.32. The molecule has 1 saturated heterocycles. The summed E-state index contributed by atoms with van der Waals surface area (Å²) >= 11 is 0. The highest BCUT2D eigenvalue weighted by atomic mass is 16.5. The molecule has 0 radical (unpaired) electrons. The van der Waals surface area contributed by atoms with Gasteiger partial charge in [-0.2, -0.15) is 5.26 Å². The highest BCUT2D eigenvalue weighted by Gasteiger charge is 2.30. The zero-order valence-electron chi connectivity index (χ0n) is 19.6. The topological polar surface area (TPSA) is 118 Å². The van der Waals surface area contributed by atoms with E-state index in [4.69, 9.17) is 9.15 Å². The lowest BCUT2D eigenvalue weighted by Crippen LogP contribution is -2.40. The molecule has 1 aromatic carbocycles. The van der Waals surface area contributed by atoms with E-state index >= 15 is 0 Å². The van der Waals surface area contributed by atoms with Gasteiger partial charge in [-0.3, -0.25) is 19.0 Å². The van der Waals surface area contributed by atoms with Gasteiger partial charge < -0.3 is 19.4 Å². The van der Waals surface area contributed by atoms with Crippen molar-refractivity contribution in [1.82, 2.24) is 9.47 Å². The SMILES string of the molecule is Cc1c(C#N)c(NC(=O)COC(=O)C2CCN(C(=O)c3ccco3)CC2)n(-c2ccccc2)c1C. The van der Waals surface area contributed by atoms with Crippen molar-refractivity contribution in [3.8, 4) is 11.8 Å². The lowest BCUT2D eigenvalue weighted by molar-refractivity contribution is -0.152. The Morgan fingerprint density at radius 2 is 1.83 bits per heavy atom. The van der Waals surface area contributed by atoms with E-state index in [2.05, 4.69) is 11.4 Å². The van der Waals surface area contributed by atoms with Crippen LogP contribution in [0.4, 0.5) is 5.82 Å². The largest absolute Gasteiger partial charge is 0.459 e. The van der Waals surface area contributed by atoms with E-state index in [1.807, 2.05) is 44.2 Å². The number of carbonyl (C=O) groups is 3. The number of aromatic nitrogens is 1. The number of amides is 2. The van der Waals surface area contributed by atoms with Crippen LogP contribution in [0, 0.1) is 31.1 Å². The fourth-order valence-corrected chi connectivity index (χ4v) is 4.26. The van der Waals surface area contributed by atoms with Crippen LogP contribution in [0.25, 0.3) is 5.69 Å². The second-order valence-electron chi connectivity index (χ2n) is 8.42. The normalized spacial score (nSPS) is 13.8. The standard InChI is InChI=1S/C26H26N4O5/c1-17-18(2)30(20-7-4-3-5-8-20)24(21(17)15-27)28-23(31)16-35-26(33)19-10-12-29(13-11-19)25(32)22-9-6-14-34-22/h3-9,14,19H,10-13,16H2,1-2H3,(H,28,31). The minimum Gasteiger partial charge on any atom is -0.459 e. The molecule has 9 heteroatoms. The summed E-state index contributed by atoms with van der Waals surface area (Å²) in [6, 6.07) is 14.8. The maximum atomic E-state index is 12.7. The van der Waals surface area contributed by atoms with Crippen molar-refractivity contribution in [2.75, 3.05) is 25.0 Å². The number of piperidine rings is 1. The molecule has 4 rings (SSSR count). The Kier molecular flexibility index (Phi) is 7.01. The predicted octanol–water partition coefficient (Wildman–Crippen LogP) is 3.59. The highest BCUT2D eigenvalue weighted by molar-refractivity contribution is 5.94. The summed E-state index contributed by atoms with van der Waals surface area (Å²) in [4.78, 5) is 39.2. The summed E-state index contributed by atoms with van der Waals surface area (Å²) in [6.45, 7) is 4.04. The van der Waals surface area contributed by atoms with Gasteiger partial charge in [-0.15, -0.1) is 0 Å². The first-order chi connectivity index (χ1) is 16.9. The quantitative estimate of drug-likeness (QED) is 0.546. The third-order valence-electron chi connectivity index (χ3n) is 6.29. The van der Waals surface area contributed by atoms with Gasteiger partial charge in [-0.25, -0.2) is 0 Å².